The highest BCUT2D eigenvalue weighted by Crippen LogP contribution is 2.28. The van der Waals surface area contributed by atoms with E-state index in [4.69, 9.17) is 14.2 Å². The highest BCUT2D eigenvalue weighted by molar-refractivity contribution is 6.10. The third-order valence-electron chi connectivity index (χ3n) is 4.42. The van der Waals surface area contributed by atoms with Crippen molar-refractivity contribution in [2.24, 2.45) is 0 Å². The van der Waals surface area contributed by atoms with Crippen LogP contribution in [0.15, 0.2) is 54.7 Å². The number of ketones is 1. The zero-order valence-electron chi connectivity index (χ0n) is 16.6. The number of esters is 1. The largest absolute Gasteiger partial charge is 0.493 e. The Hall–Kier alpha value is -3.54. The van der Waals surface area contributed by atoms with E-state index in [1.165, 1.54) is 6.08 Å². The number of para-hydroxylation sites is 1. The second-order valence-electron chi connectivity index (χ2n) is 6.37. The van der Waals surface area contributed by atoms with E-state index in [1.54, 1.807) is 44.5 Å². The molecule has 6 nitrogen and oxygen atoms in total. The summed E-state index contributed by atoms with van der Waals surface area (Å²) in [6, 6.07) is 12.8. The average molecular weight is 393 g/mol. The molecule has 0 saturated carbocycles. The highest BCUT2D eigenvalue weighted by atomic mass is 16.5. The number of aromatic nitrogens is 1. The third kappa shape index (κ3) is 4.66. The van der Waals surface area contributed by atoms with Gasteiger partial charge >= 0.3 is 5.97 Å². The molecular formula is C23H23NO5. The quantitative estimate of drug-likeness (QED) is 0.349. The lowest BCUT2D eigenvalue weighted by molar-refractivity contribution is -0.140. The van der Waals surface area contributed by atoms with Crippen LogP contribution in [0.5, 0.6) is 11.5 Å². The summed E-state index contributed by atoms with van der Waals surface area (Å²) in [5.74, 6) is 0.350. The lowest BCUT2D eigenvalue weighted by Gasteiger charge is -2.11. The molecular weight excluding hydrogens is 370 g/mol. The molecule has 1 heterocycles. The molecule has 0 aliphatic heterocycles. The number of Topliss-reactive ketones (excluding diaryl/α,β-unsaturated/α-hetero) is 1. The zero-order chi connectivity index (χ0) is 20.8. The molecule has 2 aromatic carbocycles. The van der Waals surface area contributed by atoms with E-state index < -0.39 is 12.1 Å². The van der Waals surface area contributed by atoms with Crippen molar-refractivity contribution in [1.29, 1.82) is 0 Å². The lowest BCUT2D eigenvalue weighted by atomic mass is 10.1. The van der Waals surface area contributed by atoms with Gasteiger partial charge in [-0.05, 0) is 43.7 Å². The Morgan fingerprint density at radius 2 is 1.93 bits per heavy atom. The number of carbonyl (C=O) groups is 2. The molecule has 1 atom stereocenters. The predicted molar refractivity (Wildman–Crippen MR) is 111 cm³/mol. The molecule has 3 rings (SSSR count). The second-order valence-corrected chi connectivity index (χ2v) is 6.37. The first-order valence-electron chi connectivity index (χ1n) is 9.33. The topological polar surface area (TPSA) is 77.6 Å². The molecule has 0 spiro atoms. The van der Waals surface area contributed by atoms with Crippen LogP contribution in [-0.2, 0) is 9.53 Å². The molecule has 0 aliphatic carbocycles. The number of nitrogens with one attached hydrogen (secondary N) is 1. The standard InChI is InChI=1S/C23H23NO5/c1-4-28-20-11-9-16(13-21(20)27-3)10-12-22(25)29-15(2)23(26)18-14-24-19-8-6-5-7-17(18)19/h5-15,24H,4H2,1-3H3/b12-10+. The summed E-state index contributed by atoms with van der Waals surface area (Å²) in [6.07, 6.45) is 3.62. The van der Waals surface area contributed by atoms with Crippen molar-refractivity contribution >= 4 is 28.7 Å². The van der Waals surface area contributed by atoms with Crippen LogP contribution in [0.3, 0.4) is 0 Å². The number of hydrogen-bond donors (Lipinski definition) is 1. The second kappa shape index (κ2) is 9.10. The molecule has 150 valence electrons. The number of rotatable bonds is 8. The summed E-state index contributed by atoms with van der Waals surface area (Å²) in [6.45, 7) is 3.98. The van der Waals surface area contributed by atoms with Gasteiger partial charge in [-0.25, -0.2) is 4.79 Å². The molecule has 1 unspecified atom stereocenters. The molecule has 1 aromatic heterocycles. The minimum Gasteiger partial charge on any atom is -0.493 e. The van der Waals surface area contributed by atoms with E-state index in [9.17, 15) is 9.59 Å². The van der Waals surface area contributed by atoms with Crippen LogP contribution in [0.2, 0.25) is 0 Å². The van der Waals surface area contributed by atoms with Crippen molar-refractivity contribution < 1.29 is 23.8 Å². The molecule has 0 amide bonds. The normalized spacial score (nSPS) is 12.1. The van der Waals surface area contributed by atoms with E-state index in [1.807, 2.05) is 31.2 Å². The molecule has 0 fully saturated rings. The Morgan fingerprint density at radius 3 is 2.69 bits per heavy atom. The molecule has 0 radical (unpaired) electrons. The van der Waals surface area contributed by atoms with Gasteiger partial charge in [-0.15, -0.1) is 0 Å². The predicted octanol–water partition coefficient (Wildman–Crippen LogP) is 4.40. The van der Waals surface area contributed by atoms with Gasteiger partial charge in [-0.2, -0.15) is 0 Å². The van der Waals surface area contributed by atoms with Crippen LogP contribution in [-0.4, -0.2) is 36.6 Å². The molecule has 6 heteroatoms. The van der Waals surface area contributed by atoms with Crippen LogP contribution in [0.4, 0.5) is 0 Å². The summed E-state index contributed by atoms with van der Waals surface area (Å²) >= 11 is 0. The maximum absolute atomic E-state index is 12.7. The van der Waals surface area contributed by atoms with Gasteiger partial charge in [-0.3, -0.25) is 4.79 Å². The van der Waals surface area contributed by atoms with E-state index in [0.29, 0.717) is 23.7 Å². The number of benzene rings is 2. The monoisotopic (exact) mass is 393 g/mol. The van der Waals surface area contributed by atoms with Gasteiger partial charge in [0, 0.05) is 28.7 Å². The van der Waals surface area contributed by atoms with Gasteiger partial charge in [0.25, 0.3) is 0 Å². The van der Waals surface area contributed by atoms with Gasteiger partial charge in [0.1, 0.15) is 0 Å². The zero-order valence-corrected chi connectivity index (χ0v) is 16.6. The van der Waals surface area contributed by atoms with Crippen LogP contribution in [0, 0.1) is 0 Å². The van der Waals surface area contributed by atoms with Crippen molar-refractivity contribution in [1.82, 2.24) is 4.98 Å². The highest BCUT2D eigenvalue weighted by Gasteiger charge is 2.21. The van der Waals surface area contributed by atoms with Gasteiger partial charge in [0.2, 0.25) is 5.78 Å². The summed E-state index contributed by atoms with van der Waals surface area (Å²) in [4.78, 5) is 27.9. The minimum atomic E-state index is -0.902. The number of hydrogen-bond acceptors (Lipinski definition) is 5. The van der Waals surface area contributed by atoms with Crippen LogP contribution >= 0.6 is 0 Å². The summed E-state index contributed by atoms with van der Waals surface area (Å²) in [5, 5.41) is 0.803. The third-order valence-corrected chi connectivity index (χ3v) is 4.42. The van der Waals surface area contributed by atoms with E-state index >= 15 is 0 Å². The molecule has 0 saturated heterocycles. The first-order valence-corrected chi connectivity index (χ1v) is 9.33. The Bertz CT molecular complexity index is 1050. The van der Waals surface area contributed by atoms with E-state index in [0.717, 1.165) is 16.5 Å². The smallest absolute Gasteiger partial charge is 0.331 e. The van der Waals surface area contributed by atoms with Crippen LogP contribution < -0.4 is 9.47 Å². The fourth-order valence-corrected chi connectivity index (χ4v) is 2.99. The van der Waals surface area contributed by atoms with Crippen molar-refractivity contribution in [2.45, 2.75) is 20.0 Å². The van der Waals surface area contributed by atoms with E-state index in [2.05, 4.69) is 4.98 Å². The number of methoxy groups -OCH3 is 1. The number of carbonyl (C=O) groups excluding carboxylic acids is 2. The summed E-state index contributed by atoms with van der Waals surface area (Å²) < 4.78 is 16.0. The number of H-pyrrole nitrogens is 1. The number of fused-ring (bicyclic) bond motifs is 1. The van der Waals surface area contributed by atoms with Crippen LogP contribution in [0.1, 0.15) is 29.8 Å². The molecule has 3 aromatic rings. The molecule has 29 heavy (non-hydrogen) atoms. The van der Waals surface area contributed by atoms with Crippen molar-refractivity contribution in [3.63, 3.8) is 0 Å². The molecule has 0 aliphatic rings. The number of ether oxygens (including phenoxy) is 3. The first-order chi connectivity index (χ1) is 14.0. The maximum atomic E-state index is 12.7. The molecule has 1 N–H and O–H groups in total. The van der Waals surface area contributed by atoms with Gasteiger partial charge in [0.15, 0.2) is 17.6 Å². The number of aromatic amines is 1. The maximum Gasteiger partial charge on any atom is 0.331 e. The minimum absolute atomic E-state index is 0.257. The van der Waals surface area contributed by atoms with Crippen molar-refractivity contribution in [2.75, 3.05) is 13.7 Å². The van der Waals surface area contributed by atoms with E-state index in [-0.39, 0.29) is 5.78 Å². The Morgan fingerprint density at radius 1 is 1.14 bits per heavy atom. The summed E-state index contributed by atoms with van der Waals surface area (Å²) in [5.41, 5.74) is 2.11. The van der Waals surface area contributed by atoms with Gasteiger partial charge in [-0.1, -0.05) is 24.3 Å². The fourth-order valence-electron chi connectivity index (χ4n) is 2.99. The average Bonchev–Trinajstić information content (AvgIpc) is 3.16. The Kier molecular flexibility index (Phi) is 6.34. The molecule has 0 bridgehead atoms. The SMILES string of the molecule is CCOc1ccc(/C=C/C(=O)OC(C)C(=O)c2c[nH]c3ccccc23)cc1OC. The van der Waals surface area contributed by atoms with Crippen molar-refractivity contribution in [3.05, 3.63) is 65.9 Å². The van der Waals surface area contributed by atoms with Crippen LogP contribution in [0.25, 0.3) is 17.0 Å². The Balaban J connectivity index is 1.66. The van der Waals surface area contributed by atoms with Gasteiger partial charge in [0.05, 0.1) is 13.7 Å². The fraction of sp³-hybridized carbons (Fsp3) is 0.217. The van der Waals surface area contributed by atoms with Crippen molar-refractivity contribution in [3.8, 4) is 11.5 Å². The Labute approximate surface area is 169 Å². The first kappa shape index (κ1) is 20.2. The summed E-state index contributed by atoms with van der Waals surface area (Å²) in [7, 11) is 1.55. The van der Waals surface area contributed by atoms with Gasteiger partial charge < -0.3 is 19.2 Å². The lowest BCUT2D eigenvalue weighted by Crippen LogP contribution is -2.23.